The Morgan fingerprint density at radius 3 is 1.00 bits per heavy atom. The summed E-state index contributed by atoms with van der Waals surface area (Å²) < 4.78 is 10.6. The number of esters is 2. The molecule has 0 heterocycles. The monoisotopic (exact) mass is 895 g/mol. The van der Waals surface area contributed by atoms with Crippen molar-refractivity contribution in [3.8, 4) is 0 Å². The SMILES string of the molecule is CC/C=C\C/C=C\C/C=C\C/C=C\C/C=C\C/C=C\C/C=C\C/C=C\C/C=C\C/C=C\C/C=C\C/C=C\CCCCCCC(=O)OC(CO)COC(=O)CCCCCCCCCCCC. The lowest BCUT2D eigenvalue weighted by atomic mass is 10.1. The first-order chi connectivity index (χ1) is 32.1. The summed E-state index contributed by atoms with van der Waals surface area (Å²) in [5, 5.41) is 9.57. The van der Waals surface area contributed by atoms with Crippen molar-refractivity contribution >= 4 is 11.9 Å². The number of unbranched alkanes of at least 4 members (excludes halogenated alkanes) is 13. The van der Waals surface area contributed by atoms with Crippen LogP contribution in [-0.2, 0) is 19.1 Å². The molecule has 0 aliphatic rings. The molecule has 0 aliphatic heterocycles. The van der Waals surface area contributed by atoms with Crippen LogP contribution >= 0.6 is 0 Å². The van der Waals surface area contributed by atoms with Gasteiger partial charge in [-0.3, -0.25) is 9.59 Å². The van der Waals surface area contributed by atoms with Crippen LogP contribution < -0.4 is 0 Å². The van der Waals surface area contributed by atoms with Gasteiger partial charge >= 0.3 is 11.9 Å². The van der Waals surface area contributed by atoms with Gasteiger partial charge < -0.3 is 14.6 Å². The van der Waals surface area contributed by atoms with E-state index in [1.54, 1.807) is 0 Å². The van der Waals surface area contributed by atoms with Crippen molar-refractivity contribution in [2.75, 3.05) is 13.2 Å². The van der Waals surface area contributed by atoms with Crippen LogP contribution in [0.25, 0.3) is 0 Å². The number of carbonyl (C=O) groups is 2. The van der Waals surface area contributed by atoms with Crippen molar-refractivity contribution in [2.45, 2.75) is 206 Å². The fourth-order valence-electron chi connectivity index (χ4n) is 6.53. The van der Waals surface area contributed by atoms with E-state index in [4.69, 9.17) is 9.47 Å². The van der Waals surface area contributed by atoms with E-state index in [1.807, 2.05) is 0 Å². The molecule has 0 aromatic carbocycles. The molecule has 5 nitrogen and oxygen atoms in total. The van der Waals surface area contributed by atoms with Gasteiger partial charge in [-0.2, -0.15) is 0 Å². The van der Waals surface area contributed by atoms with E-state index >= 15 is 0 Å². The summed E-state index contributed by atoms with van der Waals surface area (Å²) in [4.78, 5) is 24.3. The number of allylic oxidation sites excluding steroid dienone is 24. The van der Waals surface area contributed by atoms with Gasteiger partial charge in [0.2, 0.25) is 0 Å². The number of aliphatic hydroxyl groups excluding tert-OH is 1. The van der Waals surface area contributed by atoms with Crippen molar-refractivity contribution < 1.29 is 24.2 Å². The quantitative estimate of drug-likeness (QED) is 0.0375. The standard InChI is InChI=1S/C60H94O5/c1-3-5-7-9-11-13-15-16-17-18-19-20-21-22-23-24-25-26-27-28-29-30-31-32-33-34-35-36-37-38-39-40-41-42-43-44-45-47-49-51-53-55-60(63)65-58(56-61)57-64-59(62)54-52-50-48-46-14-12-10-8-6-4-2/h5,7,11,13,16-17,19-20,22-23,25-26,28-29,31-32,34-35,37-38,40-41,43-44,58,61H,3-4,6,8-10,12,14-15,18,21,24,27,30,33,36,39,42,45-57H2,1-2H3/b7-5-,13-11-,17-16-,20-19-,23-22-,26-25-,29-28-,32-31-,35-34-,38-37-,41-40-,44-43-. The van der Waals surface area contributed by atoms with Crippen LogP contribution in [0, 0.1) is 0 Å². The first-order valence-electron chi connectivity index (χ1n) is 25.9. The molecule has 0 saturated heterocycles. The summed E-state index contributed by atoms with van der Waals surface area (Å²) in [6.07, 6.45) is 82.4. The minimum Gasteiger partial charge on any atom is -0.462 e. The lowest BCUT2D eigenvalue weighted by Crippen LogP contribution is -2.28. The molecule has 0 fully saturated rings. The van der Waals surface area contributed by atoms with Crippen LogP contribution in [-0.4, -0.2) is 36.4 Å². The van der Waals surface area contributed by atoms with Crippen LogP contribution in [0.4, 0.5) is 0 Å². The molecule has 0 amide bonds. The molecule has 0 bridgehead atoms. The zero-order chi connectivity index (χ0) is 47.0. The molecule has 1 unspecified atom stereocenters. The Labute approximate surface area is 399 Å². The number of hydrogen-bond donors (Lipinski definition) is 1. The normalized spacial score (nSPS) is 13.5. The van der Waals surface area contributed by atoms with E-state index in [1.165, 1.54) is 44.9 Å². The third-order valence-corrected chi connectivity index (χ3v) is 10.4. The number of rotatable bonds is 45. The van der Waals surface area contributed by atoms with E-state index in [2.05, 4.69) is 160 Å². The zero-order valence-electron chi connectivity index (χ0n) is 41.4. The predicted octanol–water partition coefficient (Wildman–Crippen LogP) is 17.5. The van der Waals surface area contributed by atoms with Gasteiger partial charge in [0.15, 0.2) is 6.10 Å². The lowest BCUT2D eigenvalue weighted by Gasteiger charge is -2.15. The van der Waals surface area contributed by atoms with Crippen molar-refractivity contribution in [3.63, 3.8) is 0 Å². The first-order valence-corrected chi connectivity index (χ1v) is 25.9. The highest BCUT2D eigenvalue weighted by Crippen LogP contribution is 2.12. The maximum absolute atomic E-state index is 12.2. The summed E-state index contributed by atoms with van der Waals surface area (Å²) in [6.45, 7) is 3.97. The molecule has 364 valence electrons. The molecule has 1 atom stereocenters. The van der Waals surface area contributed by atoms with Gasteiger partial charge in [-0.1, -0.05) is 230 Å². The minimum atomic E-state index is -0.792. The molecule has 65 heavy (non-hydrogen) atoms. The Bertz CT molecular complexity index is 1430. The van der Waals surface area contributed by atoms with Crippen LogP contribution in [0.3, 0.4) is 0 Å². The summed E-state index contributed by atoms with van der Waals surface area (Å²) in [5.74, 6) is -0.632. The molecule has 1 N–H and O–H groups in total. The summed E-state index contributed by atoms with van der Waals surface area (Å²) >= 11 is 0. The molecule has 0 saturated carbocycles. The van der Waals surface area contributed by atoms with E-state index in [0.717, 1.165) is 128 Å². The van der Waals surface area contributed by atoms with Gasteiger partial charge in [0.05, 0.1) is 6.61 Å². The smallest absolute Gasteiger partial charge is 0.306 e. The second-order valence-corrected chi connectivity index (χ2v) is 16.5. The largest absolute Gasteiger partial charge is 0.462 e. The van der Waals surface area contributed by atoms with Gasteiger partial charge in [0.1, 0.15) is 6.61 Å². The van der Waals surface area contributed by atoms with Gasteiger partial charge in [0, 0.05) is 12.8 Å². The molecule has 0 spiro atoms. The van der Waals surface area contributed by atoms with Crippen molar-refractivity contribution in [1.29, 1.82) is 0 Å². The van der Waals surface area contributed by atoms with Crippen LogP contribution in [0.5, 0.6) is 0 Å². The number of carbonyl (C=O) groups excluding carboxylic acids is 2. The summed E-state index contributed by atoms with van der Waals surface area (Å²) in [6, 6.07) is 0. The summed E-state index contributed by atoms with van der Waals surface area (Å²) in [5.41, 5.74) is 0. The van der Waals surface area contributed by atoms with Crippen molar-refractivity contribution in [1.82, 2.24) is 0 Å². The lowest BCUT2D eigenvalue weighted by molar-refractivity contribution is -0.161. The third-order valence-electron chi connectivity index (χ3n) is 10.4. The molecule has 0 aromatic heterocycles. The Hall–Kier alpha value is -4.22. The average molecular weight is 895 g/mol. The zero-order valence-corrected chi connectivity index (χ0v) is 41.4. The minimum absolute atomic E-state index is 0.0829. The molecule has 0 aliphatic carbocycles. The van der Waals surface area contributed by atoms with Gasteiger partial charge in [-0.05, 0) is 103 Å². The maximum atomic E-state index is 12.2. The van der Waals surface area contributed by atoms with E-state index in [-0.39, 0.29) is 25.2 Å². The second-order valence-electron chi connectivity index (χ2n) is 16.5. The van der Waals surface area contributed by atoms with Crippen LogP contribution in [0.15, 0.2) is 146 Å². The highest BCUT2D eigenvalue weighted by molar-refractivity contribution is 5.70. The van der Waals surface area contributed by atoms with Gasteiger partial charge in [-0.15, -0.1) is 0 Å². The molecule has 0 radical (unpaired) electrons. The first kappa shape index (κ1) is 60.8. The van der Waals surface area contributed by atoms with E-state index in [9.17, 15) is 14.7 Å². The Morgan fingerprint density at radius 1 is 0.369 bits per heavy atom. The highest BCUT2D eigenvalue weighted by Gasteiger charge is 2.16. The van der Waals surface area contributed by atoms with Gasteiger partial charge in [0.25, 0.3) is 0 Å². The number of aliphatic hydroxyl groups is 1. The van der Waals surface area contributed by atoms with Gasteiger partial charge in [-0.25, -0.2) is 0 Å². The average Bonchev–Trinajstić information content (AvgIpc) is 3.31. The molecular weight excluding hydrogens is 801 g/mol. The highest BCUT2D eigenvalue weighted by atomic mass is 16.6. The van der Waals surface area contributed by atoms with Crippen molar-refractivity contribution in [3.05, 3.63) is 146 Å². The van der Waals surface area contributed by atoms with Crippen molar-refractivity contribution in [2.24, 2.45) is 0 Å². The van der Waals surface area contributed by atoms with E-state index in [0.29, 0.717) is 12.8 Å². The van der Waals surface area contributed by atoms with Crippen LogP contribution in [0.2, 0.25) is 0 Å². The Kier molecular flexibility index (Phi) is 50.6. The Balaban J connectivity index is 3.69. The molecular formula is C60H94O5. The van der Waals surface area contributed by atoms with Crippen LogP contribution in [0.1, 0.15) is 200 Å². The fourth-order valence-corrected chi connectivity index (χ4v) is 6.53. The maximum Gasteiger partial charge on any atom is 0.306 e. The molecule has 0 rings (SSSR count). The second kappa shape index (κ2) is 54.1. The topological polar surface area (TPSA) is 72.8 Å². The summed E-state index contributed by atoms with van der Waals surface area (Å²) in [7, 11) is 0. The molecule has 0 aromatic rings. The number of ether oxygens (including phenoxy) is 2. The van der Waals surface area contributed by atoms with E-state index < -0.39 is 6.10 Å². The fraction of sp³-hybridized carbons (Fsp3) is 0.567. The predicted molar refractivity (Wildman–Crippen MR) is 283 cm³/mol. The molecule has 5 heteroatoms. The Morgan fingerprint density at radius 2 is 0.662 bits per heavy atom. The third kappa shape index (κ3) is 52.3. The number of hydrogen-bond acceptors (Lipinski definition) is 5.